The van der Waals surface area contributed by atoms with Crippen molar-refractivity contribution in [2.45, 2.75) is 32.4 Å². The van der Waals surface area contributed by atoms with Crippen LogP contribution in [0.5, 0.6) is 0 Å². The van der Waals surface area contributed by atoms with Crippen LogP contribution in [0.2, 0.25) is 0 Å². The molecule has 2 fully saturated rings. The summed E-state index contributed by atoms with van der Waals surface area (Å²) in [4.78, 5) is 24.9. The van der Waals surface area contributed by atoms with Crippen LogP contribution in [0.3, 0.4) is 0 Å². The van der Waals surface area contributed by atoms with Crippen LogP contribution < -0.4 is 5.32 Å². The summed E-state index contributed by atoms with van der Waals surface area (Å²) in [5.74, 6) is 1.23. The van der Waals surface area contributed by atoms with Gasteiger partial charge in [0.2, 0.25) is 5.91 Å². The van der Waals surface area contributed by atoms with Crippen LogP contribution in [-0.4, -0.2) is 78.9 Å². The molecule has 3 rings (SSSR count). The Labute approximate surface area is 168 Å². The molecule has 1 N–H and O–H groups in total. The fraction of sp³-hybridized carbons (Fsp3) is 0.667. The van der Waals surface area contributed by atoms with E-state index in [1.165, 1.54) is 4.88 Å². The molecule has 2 saturated heterocycles. The number of hydrogen-bond donors (Lipinski definition) is 1. The van der Waals surface area contributed by atoms with Crippen molar-refractivity contribution in [1.29, 1.82) is 0 Å². The second kappa shape index (κ2) is 9.19. The van der Waals surface area contributed by atoms with E-state index in [4.69, 9.17) is 0 Å². The molecule has 6 nitrogen and oxygen atoms in total. The number of likely N-dealkylation sites (tertiary alicyclic amines) is 1. The summed E-state index contributed by atoms with van der Waals surface area (Å²) in [6.45, 7) is 8.27. The molecule has 0 aromatic carbocycles. The van der Waals surface area contributed by atoms with E-state index in [0.717, 1.165) is 68.4 Å². The first-order chi connectivity index (χ1) is 12.6. The molecule has 0 bridgehead atoms. The first kappa shape index (κ1) is 19.6. The molecule has 3 heterocycles. The van der Waals surface area contributed by atoms with E-state index >= 15 is 0 Å². The molecule has 0 radical (unpaired) electrons. The fourth-order valence-electron chi connectivity index (χ4n) is 3.62. The maximum atomic E-state index is 12.6. The molecule has 26 heavy (non-hydrogen) atoms. The van der Waals surface area contributed by atoms with Gasteiger partial charge < -0.3 is 15.1 Å². The highest BCUT2D eigenvalue weighted by atomic mass is 79.9. The number of aliphatic imine (C=N–C) groups is 1. The highest BCUT2D eigenvalue weighted by molar-refractivity contribution is 9.11. The van der Waals surface area contributed by atoms with Gasteiger partial charge in [-0.25, -0.2) is 0 Å². The second-order valence-electron chi connectivity index (χ2n) is 6.84. The molecule has 0 spiro atoms. The van der Waals surface area contributed by atoms with Gasteiger partial charge in [-0.15, -0.1) is 11.3 Å². The third-order valence-corrected chi connectivity index (χ3v) is 6.82. The maximum absolute atomic E-state index is 12.6. The van der Waals surface area contributed by atoms with Gasteiger partial charge in [0.05, 0.1) is 16.4 Å². The molecule has 1 amide bonds. The molecule has 2 aliphatic heterocycles. The summed E-state index contributed by atoms with van der Waals surface area (Å²) in [6, 6.07) is 4.18. The van der Waals surface area contributed by atoms with E-state index in [9.17, 15) is 4.79 Å². The van der Waals surface area contributed by atoms with Crippen molar-refractivity contribution in [2.75, 3.05) is 46.3 Å². The number of carbonyl (C=O) groups excluding carboxylic acids is 1. The van der Waals surface area contributed by atoms with Crippen molar-refractivity contribution in [3.05, 3.63) is 20.8 Å². The maximum Gasteiger partial charge on any atom is 0.239 e. The highest BCUT2D eigenvalue weighted by Gasteiger charge is 2.30. The van der Waals surface area contributed by atoms with Gasteiger partial charge >= 0.3 is 0 Å². The normalized spacial score (nSPS) is 20.5. The van der Waals surface area contributed by atoms with Crippen LogP contribution in [0.1, 0.15) is 24.6 Å². The van der Waals surface area contributed by atoms with Crippen LogP contribution in [0.15, 0.2) is 20.9 Å². The molecular weight excluding hydrogens is 414 g/mol. The van der Waals surface area contributed by atoms with Crippen LogP contribution >= 0.6 is 27.3 Å². The number of amides is 1. The number of hydrogen-bond acceptors (Lipinski definition) is 4. The van der Waals surface area contributed by atoms with E-state index in [1.54, 1.807) is 11.3 Å². The Kier molecular flexibility index (Phi) is 6.94. The van der Waals surface area contributed by atoms with E-state index in [-0.39, 0.29) is 6.04 Å². The molecule has 1 unspecified atom stereocenters. The Morgan fingerprint density at radius 1 is 1.19 bits per heavy atom. The lowest BCUT2D eigenvalue weighted by Gasteiger charge is -2.39. The lowest BCUT2D eigenvalue weighted by atomic mass is 10.2. The van der Waals surface area contributed by atoms with Crippen molar-refractivity contribution < 1.29 is 4.79 Å². The van der Waals surface area contributed by atoms with Gasteiger partial charge in [-0.05, 0) is 47.8 Å². The Morgan fingerprint density at radius 2 is 1.88 bits per heavy atom. The van der Waals surface area contributed by atoms with Gasteiger partial charge in [-0.2, -0.15) is 0 Å². The molecule has 0 aliphatic carbocycles. The number of rotatable bonds is 4. The molecular formula is C18H28BrN5OS. The van der Waals surface area contributed by atoms with Gasteiger partial charge in [0.25, 0.3) is 0 Å². The van der Waals surface area contributed by atoms with E-state index < -0.39 is 0 Å². The number of piperazine rings is 1. The zero-order chi connectivity index (χ0) is 18.5. The zero-order valence-corrected chi connectivity index (χ0v) is 18.0. The van der Waals surface area contributed by atoms with Crippen LogP contribution in [0.4, 0.5) is 0 Å². The number of nitrogens with zero attached hydrogens (tertiary/aromatic N) is 4. The lowest BCUT2D eigenvalue weighted by Crippen LogP contribution is -2.57. The van der Waals surface area contributed by atoms with E-state index in [0.29, 0.717) is 5.91 Å². The third kappa shape index (κ3) is 4.78. The van der Waals surface area contributed by atoms with Gasteiger partial charge in [0, 0.05) is 51.2 Å². The third-order valence-electron chi connectivity index (χ3n) is 5.20. The molecule has 1 aromatic rings. The standard InChI is InChI=1S/C18H28BrN5OS/c1-14(17(25)23-7-3-4-8-23)22-9-11-24(12-10-22)18(20-2)21-13-15-5-6-16(19)26-15/h5-6,14H,3-4,7-13H2,1-2H3,(H,20,21). The first-order valence-corrected chi connectivity index (χ1v) is 10.9. The molecule has 8 heteroatoms. The lowest BCUT2D eigenvalue weighted by molar-refractivity contribution is -0.135. The quantitative estimate of drug-likeness (QED) is 0.574. The predicted molar refractivity (Wildman–Crippen MR) is 111 cm³/mol. The Bertz CT molecular complexity index is 635. The highest BCUT2D eigenvalue weighted by Crippen LogP contribution is 2.22. The summed E-state index contributed by atoms with van der Waals surface area (Å²) in [5, 5.41) is 3.45. The number of carbonyl (C=O) groups is 1. The minimum Gasteiger partial charge on any atom is -0.351 e. The fourth-order valence-corrected chi connectivity index (χ4v) is 5.05. The molecule has 1 atom stereocenters. The second-order valence-corrected chi connectivity index (χ2v) is 9.39. The Morgan fingerprint density at radius 3 is 2.46 bits per heavy atom. The number of guanidine groups is 1. The summed E-state index contributed by atoms with van der Waals surface area (Å²) in [6.07, 6.45) is 2.30. The van der Waals surface area contributed by atoms with Gasteiger partial charge in [0.15, 0.2) is 5.96 Å². The predicted octanol–water partition coefficient (Wildman–Crippen LogP) is 2.21. The number of halogens is 1. The molecule has 2 aliphatic rings. The average Bonchev–Trinajstić information content (AvgIpc) is 3.33. The summed E-state index contributed by atoms with van der Waals surface area (Å²) >= 11 is 5.24. The van der Waals surface area contributed by atoms with Crippen molar-refractivity contribution in [2.24, 2.45) is 4.99 Å². The van der Waals surface area contributed by atoms with Crippen LogP contribution in [-0.2, 0) is 11.3 Å². The SMILES string of the molecule is CN=C(NCc1ccc(Br)s1)N1CCN(C(C)C(=O)N2CCCC2)CC1. The Hall–Kier alpha value is -1.12. The smallest absolute Gasteiger partial charge is 0.239 e. The summed E-state index contributed by atoms with van der Waals surface area (Å²) in [5.41, 5.74) is 0. The molecule has 1 aromatic heterocycles. The van der Waals surface area contributed by atoms with E-state index in [2.05, 4.69) is 55.1 Å². The molecule has 0 saturated carbocycles. The van der Waals surface area contributed by atoms with Crippen molar-refractivity contribution in [1.82, 2.24) is 20.0 Å². The van der Waals surface area contributed by atoms with Gasteiger partial charge in [-0.1, -0.05) is 0 Å². The van der Waals surface area contributed by atoms with Crippen molar-refractivity contribution in [3.8, 4) is 0 Å². The van der Waals surface area contributed by atoms with Crippen LogP contribution in [0, 0.1) is 0 Å². The van der Waals surface area contributed by atoms with E-state index in [1.807, 2.05) is 11.9 Å². The number of thiophene rings is 1. The average molecular weight is 442 g/mol. The van der Waals surface area contributed by atoms with Crippen LogP contribution in [0.25, 0.3) is 0 Å². The summed E-state index contributed by atoms with van der Waals surface area (Å²) < 4.78 is 1.15. The number of nitrogens with one attached hydrogen (secondary N) is 1. The minimum atomic E-state index is -0.0197. The first-order valence-electron chi connectivity index (χ1n) is 9.31. The monoisotopic (exact) mass is 441 g/mol. The van der Waals surface area contributed by atoms with Crippen molar-refractivity contribution in [3.63, 3.8) is 0 Å². The van der Waals surface area contributed by atoms with Gasteiger partial charge in [-0.3, -0.25) is 14.7 Å². The van der Waals surface area contributed by atoms with Gasteiger partial charge in [0.1, 0.15) is 0 Å². The van der Waals surface area contributed by atoms with Crippen molar-refractivity contribution >= 4 is 39.1 Å². The topological polar surface area (TPSA) is 51.2 Å². The largest absolute Gasteiger partial charge is 0.351 e. The zero-order valence-electron chi connectivity index (χ0n) is 15.6. The molecule has 144 valence electrons. The summed E-state index contributed by atoms with van der Waals surface area (Å²) in [7, 11) is 1.83. The Balaban J connectivity index is 1.47. The minimum absolute atomic E-state index is 0.0197.